The molecule has 1 amide bonds. The first-order valence-corrected chi connectivity index (χ1v) is 9.43. The molecule has 0 atom stereocenters. The summed E-state index contributed by atoms with van der Waals surface area (Å²) in [7, 11) is 0. The number of amides is 1. The third-order valence-corrected chi connectivity index (χ3v) is 4.80. The molecule has 3 aromatic rings. The Morgan fingerprint density at radius 1 is 0.931 bits per heavy atom. The van der Waals surface area contributed by atoms with Crippen molar-refractivity contribution in [2.45, 2.75) is 34.6 Å². The van der Waals surface area contributed by atoms with Gasteiger partial charge in [-0.1, -0.05) is 23.8 Å². The minimum absolute atomic E-state index is 0.203. The predicted molar refractivity (Wildman–Crippen MR) is 114 cm³/mol. The lowest BCUT2D eigenvalue weighted by atomic mass is 10.1. The lowest BCUT2D eigenvalue weighted by Crippen LogP contribution is -2.24. The van der Waals surface area contributed by atoms with Gasteiger partial charge in [0.15, 0.2) is 6.61 Å². The second kappa shape index (κ2) is 8.31. The van der Waals surface area contributed by atoms with Gasteiger partial charge >= 0.3 is 0 Å². The van der Waals surface area contributed by atoms with Crippen LogP contribution in [-0.2, 0) is 4.79 Å². The van der Waals surface area contributed by atoms with E-state index in [1.54, 1.807) is 0 Å². The molecule has 0 bridgehead atoms. The molecule has 0 unspecified atom stereocenters. The van der Waals surface area contributed by atoms with Crippen molar-refractivity contribution in [1.29, 1.82) is 0 Å². The predicted octanol–water partition coefficient (Wildman–Crippen LogP) is 3.79. The number of ether oxygens (including phenoxy) is 1. The van der Waals surface area contributed by atoms with Crippen LogP contribution in [0.2, 0.25) is 0 Å². The van der Waals surface area contributed by atoms with Crippen LogP contribution in [0, 0.1) is 34.6 Å². The number of aromatic nitrogens is 2. The highest BCUT2D eigenvalue weighted by atomic mass is 16.5. The number of anilines is 1. The molecule has 0 saturated carbocycles. The molecule has 0 saturated heterocycles. The maximum Gasteiger partial charge on any atom is 0.271 e. The van der Waals surface area contributed by atoms with E-state index in [1.807, 2.05) is 65.0 Å². The third kappa shape index (κ3) is 4.71. The molecule has 29 heavy (non-hydrogen) atoms. The first-order valence-electron chi connectivity index (χ1n) is 9.43. The molecule has 3 rings (SSSR count). The van der Waals surface area contributed by atoms with Crippen LogP contribution in [0.1, 0.15) is 27.8 Å². The minimum atomic E-state index is -0.286. The molecule has 0 aliphatic rings. The summed E-state index contributed by atoms with van der Waals surface area (Å²) in [4.78, 5) is 24.6. The molecule has 0 aliphatic heterocycles. The maximum atomic E-state index is 12.3. The topological polar surface area (TPSA) is 73.2 Å². The van der Waals surface area contributed by atoms with Gasteiger partial charge in [-0.05, 0) is 69.0 Å². The fourth-order valence-electron chi connectivity index (χ4n) is 3.21. The molecule has 150 valence electrons. The van der Waals surface area contributed by atoms with E-state index in [-0.39, 0.29) is 24.0 Å². The fraction of sp³-hybridized carbons (Fsp3) is 0.261. The quantitative estimate of drug-likeness (QED) is 0.718. The number of nitrogens with one attached hydrogen (secondary N) is 1. The van der Waals surface area contributed by atoms with Gasteiger partial charge in [-0.3, -0.25) is 9.59 Å². The molecule has 0 spiro atoms. The number of hydrogen-bond donors (Lipinski definition) is 1. The minimum Gasteiger partial charge on any atom is -0.467 e. The van der Waals surface area contributed by atoms with E-state index in [4.69, 9.17) is 4.74 Å². The van der Waals surface area contributed by atoms with Crippen molar-refractivity contribution in [3.05, 3.63) is 80.6 Å². The van der Waals surface area contributed by atoms with E-state index in [9.17, 15) is 9.59 Å². The van der Waals surface area contributed by atoms with Crippen molar-refractivity contribution in [2.24, 2.45) is 0 Å². The monoisotopic (exact) mass is 391 g/mol. The maximum absolute atomic E-state index is 12.3. The van der Waals surface area contributed by atoms with Crippen LogP contribution < -0.4 is 15.6 Å². The SMILES string of the molecule is Cc1cc(C)c(NC(=O)COc2ccc(=O)n(-c3ccc(C)c(C)c3)n2)c(C)c1. The molecule has 2 aromatic carbocycles. The van der Waals surface area contributed by atoms with Crippen molar-refractivity contribution < 1.29 is 9.53 Å². The van der Waals surface area contributed by atoms with Crippen molar-refractivity contribution in [1.82, 2.24) is 9.78 Å². The summed E-state index contributed by atoms with van der Waals surface area (Å²) in [5.74, 6) is -0.0823. The van der Waals surface area contributed by atoms with Crippen molar-refractivity contribution in [3.8, 4) is 11.6 Å². The Morgan fingerprint density at radius 2 is 1.62 bits per heavy atom. The van der Waals surface area contributed by atoms with Crippen molar-refractivity contribution >= 4 is 11.6 Å². The van der Waals surface area contributed by atoms with Gasteiger partial charge in [-0.25, -0.2) is 0 Å². The number of nitrogens with zero attached hydrogens (tertiary/aromatic N) is 2. The highest BCUT2D eigenvalue weighted by molar-refractivity contribution is 5.93. The highest BCUT2D eigenvalue weighted by Gasteiger charge is 2.11. The molecule has 6 nitrogen and oxygen atoms in total. The average Bonchev–Trinajstić information content (AvgIpc) is 2.66. The Kier molecular flexibility index (Phi) is 5.82. The summed E-state index contributed by atoms with van der Waals surface area (Å²) in [5.41, 5.74) is 6.51. The zero-order chi connectivity index (χ0) is 21.1. The van der Waals surface area contributed by atoms with Crippen LogP contribution in [0.25, 0.3) is 5.69 Å². The first-order chi connectivity index (χ1) is 13.7. The van der Waals surface area contributed by atoms with E-state index in [1.165, 1.54) is 16.8 Å². The van der Waals surface area contributed by atoms with Crippen molar-refractivity contribution in [2.75, 3.05) is 11.9 Å². The lowest BCUT2D eigenvalue weighted by Gasteiger charge is -2.13. The second-order valence-electron chi connectivity index (χ2n) is 7.30. The number of benzene rings is 2. The Hall–Kier alpha value is -3.41. The highest BCUT2D eigenvalue weighted by Crippen LogP contribution is 2.21. The fourth-order valence-corrected chi connectivity index (χ4v) is 3.21. The Bertz CT molecular complexity index is 1110. The average molecular weight is 391 g/mol. The smallest absolute Gasteiger partial charge is 0.271 e. The Morgan fingerprint density at radius 3 is 2.28 bits per heavy atom. The molecular weight excluding hydrogens is 366 g/mol. The molecule has 0 radical (unpaired) electrons. The molecule has 0 aliphatic carbocycles. The van der Waals surface area contributed by atoms with Gasteiger partial charge in [-0.15, -0.1) is 5.10 Å². The summed E-state index contributed by atoms with van der Waals surface area (Å²) >= 11 is 0. The number of aryl methyl sites for hydroxylation is 5. The van der Waals surface area contributed by atoms with Crippen LogP contribution in [-0.4, -0.2) is 22.3 Å². The van der Waals surface area contributed by atoms with Gasteiger partial charge < -0.3 is 10.1 Å². The van der Waals surface area contributed by atoms with Crippen LogP contribution in [0.4, 0.5) is 5.69 Å². The van der Waals surface area contributed by atoms with E-state index < -0.39 is 0 Å². The van der Waals surface area contributed by atoms with Crippen molar-refractivity contribution in [3.63, 3.8) is 0 Å². The zero-order valence-corrected chi connectivity index (χ0v) is 17.4. The Balaban J connectivity index is 1.74. The van der Waals surface area contributed by atoms with Gasteiger partial charge in [-0.2, -0.15) is 4.68 Å². The van der Waals surface area contributed by atoms with Gasteiger partial charge in [0.05, 0.1) is 5.69 Å². The molecular formula is C23H25N3O3. The molecule has 0 fully saturated rings. The van der Waals surface area contributed by atoms with E-state index in [2.05, 4.69) is 10.4 Å². The van der Waals surface area contributed by atoms with Gasteiger partial charge in [0, 0.05) is 17.8 Å². The summed E-state index contributed by atoms with van der Waals surface area (Å²) in [6.45, 7) is 9.71. The summed E-state index contributed by atoms with van der Waals surface area (Å²) in [5, 5.41) is 7.13. The molecule has 6 heteroatoms. The number of carbonyl (C=O) groups excluding carboxylic acids is 1. The number of hydrogen-bond acceptors (Lipinski definition) is 4. The van der Waals surface area contributed by atoms with Gasteiger partial charge in [0.2, 0.25) is 5.88 Å². The third-order valence-electron chi connectivity index (χ3n) is 4.80. The largest absolute Gasteiger partial charge is 0.467 e. The number of carbonyl (C=O) groups is 1. The van der Waals surface area contributed by atoms with Gasteiger partial charge in [0.25, 0.3) is 11.5 Å². The molecule has 1 N–H and O–H groups in total. The summed E-state index contributed by atoms with van der Waals surface area (Å²) < 4.78 is 6.80. The van der Waals surface area contributed by atoms with Crippen LogP contribution in [0.5, 0.6) is 5.88 Å². The lowest BCUT2D eigenvalue weighted by molar-refractivity contribution is -0.118. The van der Waals surface area contributed by atoms with E-state index in [0.717, 1.165) is 33.5 Å². The number of rotatable bonds is 5. The van der Waals surface area contributed by atoms with Crippen LogP contribution in [0.3, 0.4) is 0 Å². The first kappa shape index (κ1) is 20.3. The Labute approximate surface area is 170 Å². The molecule has 1 heterocycles. The normalized spacial score (nSPS) is 10.7. The van der Waals surface area contributed by atoms with Crippen LogP contribution in [0.15, 0.2) is 47.3 Å². The van der Waals surface area contributed by atoms with E-state index >= 15 is 0 Å². The van der Waals surface area contributed by atoms with Gasteiger partial charge in [0.1, 0.15) is 0 Å². The standard InChI is InChI=1S/C23H25N3O3/c1-14-10-17(4)23(18(5)11-14)24-20(27)13-29-21-8-9-22(28)26(25-21)19-7-6-15(2)16(3)12-19/h6-12H,13H2,1-5H3,(H,24,27). The van der Waals surface area contributed by atoms with Crippen LogP contribution >= 0.6 is 0 Å². The van der Waals surface area contributed by atoms with E-state index in [0.29, 0.717) is 5.69 Å². The molecule has 1 aromatic heterocycles. The zero-order valence-electron chi connectivity index (χ0n) is 17.4. The summed E-state index contributed by atoms with van der Waals surface area (Å²) in [6.07, 6.45) is 0. The second-order valence-corrected chi connectivity index (χ2v) is 7.30. The summed E-state index contributed by atoms with van der Waals surface area (Å²) in [6, 6.07) is 12.5.